The van der Waals surface area contributed by atoms with Gasteiger partial charge in [-0.25, -0.2) is 9.59 Å². The molecule has 10 heteroatoms. The minimum Gasteiger partial charge on any atom is -0.478 e. The van der Waals surface area contributed by atoms with Crippen molar-refractivity contribution in [2.24, 2.45) is 0 Å². The Morgan fingerprint density at radius 1 is 1.00 bits per heavy atom. The van der Waals surface area contributed by atoms with Crippen LogP contribution in [-0.2, 0) is 9.59 Å². The van der Waals surface area contributed by atoms with Crippen LogP contribution < -0.4 is 5.32 Å². The third-order valence-corrected chi connectivity index (χ3v) is 5.21. The highest BCUT2D eigenvalue weighted by Crippen LogP contribution is 2.30. The van der Waals surface area contributed by atoms with Crippen molar-refractivity contribution in [1.82, 2.24) is 4.90 Å². The maximum absolute atomic E-state index is 12.5. The van der Waals surface area contributed by atoms with Gasteiger partial charge < -0.3 is 15.5 Å². The molecule has 32 heavy (non-hydrogen) atoms. The van der Waals surface area contributed by atoms with Crippen LogP contribution in [0.2, 0.25) is 0 Å². The second-order valence-electron chi connectivity index (χ2n) is 6.48. The van der Waals surface area contributed by atoms with Gasteiger partial charge in [-0.05, 0) is 41.6 Å². The van der Waals surface area contributed by atoms with Gasteiger partial charge in [0.1, 0.15) is 6.54 Å². The monoisotopic (exact) mass is 452 g/mol. The number of allylic oxidation sites excluding steroid dienone is 2. The number of nitrogens with zero attached hydrogens (tertiary/aromatic N) is 1. The molecule has 1 aliphatic rings. The molecule has 0 aromatic heterocycles. The maximum Gasteiger partial charge on any atom is 0.337 e. The molecular formula is C22H16N2O7S. The fourth-order valence-electron chi connectivity index (χ4n) is 2.76. The van der Waals surface area contributed by atoms with Gasteiger partial charge in [-0.2, -0.15) is 0 Å². The lowest BCUT2D eigenvalue weighted by Crippen LogP contribution is -2.36. The van der Waals surface area contributed by atoms with Crippen molar-refractivity contribution in [2.75, 3.05) is 11.9 Å². The first kappa shape index (κ1) is 22.5. The van der Waals surface area contributed by atoms with Crippen molar-refractivity contribution in [3.05, 3.63) is 82.3 Å². The van der Waals surface area contributed by atoms with E-state index in [0.29, 0.717) is 11.8 Å². The summed E-state index contributed by atoms with van der Waals surface area (Å²) in [7, 11) is 0. The Bertz CT molecular complexity index is 1170. The third kappa shape index (κ3) is 5.29. The lowest BCUT2D eigenvalue weighted by atomic mass is 10.1. The molecule has 1 saturated heterocycles. The van der Waals surface area contributed by atoms with Gasteiger partial charge >= 0.3 is 11.9 Å². The van der Waals surface area contributed by atoms with E-state index in [1.807, 2.05) is 30.3 Å². The predicted octanol–water partition coefficient (Wildman–Crippen LogP) is 3.31. The second kappa shape index (κ2) is 9.75. The number of amides is 3. The van der Waals surface area contributed by atoms with Crippen molar-refractivity contribution in [2.45, 2.75) is 0 Å². The Hall–Kier alpha value is -4.18. The number of hydrogen-bond acceptors (Lipinski definition) is 6. The molecule has 3 N–H and O–H groups in total. The standard InChI is InChI=1S/C22H16N2O7S/c25-18(23-16-11-14(20(27)28)9-10-15(16)21(29)30)12-24-19(26)17(32-22(24)31)8-4-7-13-5-2-1-3-6-13/h1-11H,12H2,(H,23,25)(H,27,28)(H,29,30)/b7-4+,17-8-. The minimum atomic E-state index is -1.38. The van der Waals surface area contributed by atoms with E-state index in [1.165, 1.54) is 6.08 Å². The van der Waals surface area contributed by atoms with E-state index < -0.39 is 35.5 Å². The van der Waals surface area contributed by atoms with E-state index in [9.17, 15) is 29.1 Å². The van der Waals surface area contributed by atoms with E-state index in [-0.39, 0.29) is 21.7 Å². The van der Waals surface area contributed by atoms with Crippen LogP contribution in [0.15, 0.2) is 65.6 Å². The summed E-state index contributed by atoms with van der Waals surface area (Å²) in [5.41, 5.74) is 0.0870. The quantitative estimate of drug-likeness (QED) is 0.543. The Morgan fingerprint density at radius 3 is 2.38 bits per heavy atom. The molecule has 1 aliphatic heterocycles. The smallest absolute Gasteiger partial charge is 0.337 e. The Morgan fingerprint density at radius 2 is 1.72 bits per heavy atom. The van der Waals surface area contributed by atoms with Gasteiger partial charge in [0, 0.05) is 0 Å². The largest absolute Gasteiger partial charge is 0.478 e. The van der Waals surface area contributed by atoms with Crippen molar-refractivity contribution in [3.63, 3.8) is 0 Å². The second-order valence-corrected chi connectivity index (χ2v) is 7.47. The fourth-order valence-corrected chi connectivity index (χ4v) is 3.55. The molecule has 0 radical (unpaired) electrons. The van der Waals surface area contributed by atoms with Gasteiger partial charge in [0.15, 0.2) is 0 Å². The number of aromatic carboxylic acids is 2. The van der Waals surface area contributed by atoms with Gasteiger partial charge in [0.25, 0.3) is 11.1 Å². The van der Waals surface area contributed by atoms with Crippen LogP contribution in [-0.4, -0.2) is 50.6 Å². The molecule has 1 heterocycles. The number of imide groups is 1. The maximum atomic E-state index is 12.5. The number of anilines is 1. The topological polar surface area (TPSA) is 141 Å². The lowest BCUT2D eigenvalue weighted by Gasteiger charge is -2.14. The van der Waals surface area contributed by atoms with Crippen LogP contribution in [0, 0.1) is 0 Å². The third-order valence-electron chi connectivity index (χ3n) is 4.28. The first-order chi connectivity index (χ1) is 15.3. The zero-order valence-electron chi connectivity index (χ0n) is 16.3. The lowest BCUT2D eigenvalue weighted by molar-refractivity contribution is -0.127. The van der Waals surface area contributed by atoms with Gasteiger partial charge in [0.05, 0.1) is 21.7 Å². The van der Waals surface area contributed by atoms with Crippen LogP contribution in [0.5, 0.6) is 0 Å². The number of benzene rings is 2. The summed E-state index contributed by atoms with van der Waals surface area (Å²) in [6.07, 6.45) is 4.83. The zero-order chi connectivity index (χ0) is 23.3. The highest BCUT2D eigenvalue weighted by atomic mass is 32.2. The molecule has 2 aromatic carbocycles. The number of carbonyl (C=O) groups is 5. The van der Waals surface area contributed by atoms with Gasteiger partial charge in [-0.3, -0.25) is 19.3 Å². The van der Waals surface area contributed by atoms with Crippen LogP contribution in [0.4, 0.5) is 10.5 Å². The highest BCUT2D eigenvalue weighted by molar-refractivity contribution is 8.18. The number of carboxylic acid groups (broad SMARTS) is 2. The van der Waals surface area contributed by atoms with Crippen molar-refractivity contribution in [1.29, 1.82) is 0 Å². The summed E-state index contributed by atoms with van der Waals surface area (Å²) in [4.78, 5) is 60.4. The van der Waals surface area contributed by atoms with Crippen LogP contribution in [0.25, 0.3) is 6.08 Å². The summed E-state index contributed by atoms with van der Waals surface area (Å²) in [6.45, 7) is -0.652. The minimum absolute atomic E-state index is 0.133. The number of rotatable bonds is 7. The Labute approximate surface area is 186 Å². The molecule has 9 nitrogen and oxygen atoms in total. The summed E-state index contributed by atoms with van der Waals surface area (Å²) >= 11 is 0.675. The SMILES string of the molecule is O=C(CN1C(=O)S/C(=C\C=C\c2ccccc2)C1=O)Nc1cc(C(=O)O)ccc1C(=O)O. The summed E-state index contributed by atoms with van der Waals surface area (Å²) in [5.74, 6) is -4.20. The van der Waals surface area contributed by atoms with Crippen molar-refractivity contribution in [3.8, 4) is 0 Å². The number of thioether (sulfide) groups is 1. The number of carbonyl (C=O) groups excluding carboxylic acids is 3. The predicted molar refractivity (Wildman–Crippen MR) is 117 cm³/mol. The molecular weight excluding hydrogens is 436 g/mol. The molecule has 0 atom stereocenters. The van der Waals surface area contributed by atoms with Crippen molar-refractivity contribution >= 4 is 52.5 Å². The average molecular weight is 452 g/mol. The summed E-state index contributed by atoms with van der Waals surface area (Å²) < 4.78 is 0. The fraction of sp³-hybridized carbons (Fsp3) is 0.0455. The van der Waals surface area contributed by atoms with E-state index in [2.05, 4.69) is 5.32 Å². The molecule has 0 aliphatic carbocycles. The summed E-state index contributed by atoms with van der Waals surface area (Å²) in [6, 6.07) is 12.4. The first-order valence-electron chi connectivity index (χ1n) is 9.14. The number of nitrogens with one attached hydrogen (secondary N) is 1. The molecule has 0 spiro atoms. The number of hydrogen-bond donors (Lipinski definition) is 3. The number of carboxylic acids is 2. The van der Waals surface area contributed by atoms with Crippen molar-refractivity contribution < 1.29 is 34.2 Å². The van der Waals surface area contributed by atoms with Gasteiger partial charge in [-0.1, -0.05) is 42.5 Å². The normalized spacial score (nSPS) is 14.9. The molecule has 0 bridgehead atoms. The van der Waals surface area contributed by atoms with Crippen LogP contribution in [0.1, 0.15) is 26.3 Å². The molecule has 0 unspecified atom stereocenters. The molecule has 0 saturated carbocycles. The van der Waals surface area contributed by atoms with Crippen LogP contribution in [0.3, 0.4) is 0 Å². The van der Waals surface area contributed by atoms with E-state index in [1.54, 1.807) is 12.2 Å². The molecule has 162 valence electrons. The van der Waals surface area contributed by atoms with Crippen LogP contribution >= 0.6 is 11.8 Å². The molecule has 1 fully saturated rings. The van der Waals surface area contributed by atoms with Gasteiger partial charge in [-0.15, -0.1) is 0 Å². The first-order valence-corrected chi connectivity index (χ1v) is 9.95. The molecule has 3 amide bonds. The molecule has 3 rings (SSSR count). The van der Waals surface area contributed by atoms with E-state index in [4.69, 9.17) is 5.11 Å². The van der Waals surface area contributed by atoms with E-state index in [0.717, 1.165) is 28.7 Å². The zero-order valence-corrected chi connectivity index (χ0v) is 17.2. The highest BCUT2D eigenvalue weighted by Gasteiger charge is 2.36. The Balaban J connectivity index is 1.71. The molecule has 2 aromatic rings. The van der Waals surface area contributed by atoms with E-state index >= 15 is 0 Å². The summed E-state index contributed by atoms with van der Waals surface area (Å²) in [5, 5.41) is 19.9. The Kier molecular flexibility index (Phi) is 6.86. The van der Waals surface area contributed by atoms with Gasteiger partial charge in [0.2, 0.25) is 5.91 Å². The average Bonchev–Trinajstić information content (AvgIpc) is 3.01.